The van der Waals surface area contributed by atoms with Gasteiger partial charge >= 0.3 is 6.80 Å². The predicted molar refractivity (Wildman–Crippen MR) is 92.4 cm³/mol. The Labute approximate surface area is 143 Å². The molecule has 130 valence electrons. The maximum Gasteiger partial charge on any atom is 0.388 e. The molecule has 0 bridgehead atoms. The number of aryl methyl sites for hydroxylation is 1. The van der Waals surface area contributed by atoms with Crippen molar-refractivity contribution >= 4 is 18.2 Å². The number of phenolic OH excluding ortho intramolecular Hbond substituents is 3. The highest BCUT2D eigenvalue weighted by atomic mass is 32.7. The van der Waals surface area contributed by atoms with Crippen molar-refractivity contribution in [3.05, 3.63) is 47.5 Å². The molecule has 2 aromatic carbocycles. The molecule has 5 N–H and O–H groups in total. The number of phenols is 3. The molecule has 0 unspecified atom stereocenters. The zero-order chi connectivity index (χ0) is 17.7. The van der Waals surface area contributed by atoms with E-state index in [1.54, 1.807) is 12.1 Å². The van der Waals surface area contributed by atoms with Crippen molar-refractivity contribution in [3.8, 4) is 17.2 Å². The molecule has 0 saturated heterocycles. The fourth-order valence-electron chi connectivity index (χ4n) is 2.37. The van der Waals surface area contributed by atoms with E-state index in [2.05, 4.69) is 0 Å². The normalized spacial score (nSPS) is 11.6. The minimum Gasteiger partial charge on any atom is -0.508 e. The van der Waals surface area contributed by atoms with Crippen LogP contribution >= 0.6 is 18.2 Å². The Morgan fingerprint density at radius 1 is 0.875 bits per heavy atom. The van der Waals surface area contributed by atoms with Gasteiger partial charge in [-0.05, 0) is 60.8 Å². The summed E-state index contributed by atoms with van der Waals surface area (Å²) in [6, 6.07) is 9.33. The van der Waals surface area contributed by atoms with Crippen molar-refractivity contribution in [2.45, 2.75) is 30.6 Å². The van der Waals surface area contributed by atoms with Crippen LogP contribution < -0.4 is 0 Å². The summed E-state index contributed by atoms with van der Waals surface area (Å²) in [5, 5.41) is 28.7. The largest absolute Gasteiger partial charge is 0.508 e. The third kappa shape index (κ3) is 5.76. The molecule has 0 aliphatic heterocycles. The molecule has 0 atom stereocenters. The molecule has 0 spiro atoms. The number of aromatic hydroxyl groups is 3. The lowest BCUT2D eigenvalue weighted by Gasteiger charge is -2.12. The average Bonchev–Trinajstić information content (AvgIpc) is 2.45. The van der Waals surface area contributed by atoms with Gasteiger partial charge in [-0.2, -0.15) is 0 Å². The quantitative estimate of drug-likeness (QED) is 0.373. The van der Waals surface area contributed by atoms with E-state index in [0.29, 0.717) is 29.8 Å². The van der Waals surface area contributed by atoms with Crippen LogP contribution in [0.1, 0.15) is 24.0 Å². The Morgan fingerprint density at radius 2 is 1.50 bits per heavy atom. The molecular weight excluding hydrogens is 351 g/mol. The molecule has 0 fully saturated rings. The Hall–Kier alpha value is -1.66. The maximum absolute atomic E-state index is 11.2. The highest BCUT2D eigenvalue weighted by Gasteiger charge is 2.20. The van der Waals surface area contributed by atoms with Gasteiger partial charge in [0.15, 0.2) is 0 Å². The maximum atomic E-state index is 11.2. The Kier molecular flexibility index (Phi) is 6.18. The lowest BCUT2D eigenvalue weighted by Crippen LogP contribution is -1.93. The Balaban J connectivity index is 2.00. The van der Waals surface area contributed by atoms with Crippen LogP contribution in [0.5, 0.6) is 17.2 Å². The van der Waals surface area contributed by atoms with Gasteiger partial charge in [-0.1, -0.05) is 12.1 Å². The molecule has 8 heteroatoms. The van der Waals surface area contributed by atoms with Crippen LogP contribution in [0, 0.1) is 0 Å². The summed E-state index contributed by atoms with van der Waals surface area (Å²) in [5.41, 5.74) is 1.50. The van der Waals surface area contributed by atoms with Gasteiger partial charge in [0.25, 0.3) is 0 Å². The van der Waals surface area contributed by atoms with E-state index in [-0.39, 0.29) is 22.1 Å². The van der Waals surface area contributed by atoms with Crippen molar-refractivity contribution in [2.24, 2.45) is 0 Å². The SMILES string of the molecule is O=P(O)(O)Sc1cc(O)cc(O)c1CCCCc1ccc(O)cc1. The number of rotatable bonds is 7. The Bertz CT molecular complexity index is 741. The number of hydrogen-bond acceptors (Lipinski definition) is 5. The molecule has 0 aliphatic rings. The molecular formula is C16H19O6PS. The van der Waals surface area contributed by atoms with Crippen LogP contribution in [0.3, 0.4) is 0 Å². The fraction of sp³-hybridized carbons (Fsp3) is 0.250. The molecule has 0 amide bonds. The van der Waals surface area contributed by atoms with Crippen molar-refractivity contribution in [1.82, 2.24) is 0 Å². The highest BCUT2D eigenvalue weighted by Crippen LogP contribution is 2.56. The minimum atomic E-state index is -4.38. The first-order valence-electron chi connectivity index (χ1n) is 7.32. The fourth-order valence-corrected chi connectivity index (χ4v) is 4.37. The lowest BCUT2D eigenvalue weighted by atomic mass is 10.0. The van der Waals surface area contributed by atoms with Crippen LogP contribution in [-0.2, 0) is 17.4 Å². The number of hydrogen-bond donors (Lipinski definition) is 5. The summed E-state index contributed by atoms with van der Waals surface area (Å²) in [6.45, 7) is -4.38. The Morgan fingerprint density at radius 3 is 2.12 bits per heavy atom. The van der Waals surface area contributed by atoms with Crippen LogP contribution in [0.25, 0.3) is 0 Å². The van der Waals surface area contributed by atoms with Gasteiger partial charge in [0, 0.05) is 16.5 Å². The van der Waals surface area contributed by atoms with Gasteiger partial charge in [0.1, 0.15) is 17.2 Å². The van der Waals surface area contributed by atoms with Crippen molar-refractivity contribution < 1.29 is 29.7 Å². The monoisotopic (exact) mass is 370 g/mol. The summed E-state index contributed by atoms with van der Waals surface area (Å²) >= 11 is 0.331. The van der Waals surface area contributed by atoms with Gasteiger partial charge in [0.05, 0.1) is 0 Å². The summed E-state index contributed by atoms with van der Waals surface area (Å²) < 4.78 is 11.2. The van der Waals surface area contributed by atoms with E-state index in [1.807, 2.05) is 12.1 Å². The van der Waals surface area contributed by atoms with Crippen LogP contribution in [0.2, 0.25) is 0 Å². The highest BCUT2D eigenvalue weighted by molar-refractivity contribution is 8.54. The van der Waals surface area contributed by atoms with E-state index in [4.69, 9.17) is 9.79 Å². The molecule has 6 nitrogen and oxygen atoms in total. The average molecular weight is 370 g/mol. The van der Waals surface area contributed by atoms with Crippen LogP contribution in [0.15, 0.2) is 41.3 Å². The first kappa shape index (κ1) is 18.7. The second kappa shape index (κ2) is 7.94. The molecule has 24 heavy (non-hydrogen) atoms. The zero-order valence-electron chi connectivity index (χ0n) is 12.8. The molecule has 0 radical (unpaired) electrons. The molecule has 2 aromatic rings. The van der Waals surface area contributed by atoms with E-state index < -0.39 is 6.80 Å². The first-order valence-corrected chi connectivity index (χ1v) is 10.4. The third-order valence-electron chi connectivity index (χ3n) is 3.47. The molecule has 0 aromatic heterocycles. The standard InChI is InChI=1S/C16H19O6PS/c17-12-7-5-11(6-8-12)3-1-2-4-14-15(19)9-13(18)10-16(14)24-23(20,21)22/h5-10,17-19H,1-4H2,(H2,20,21,22). The van der Waals surface area contributed by atoms with Crippen molar-refractivity contribution in [2.75, 3.05) is 0 Å². The van der Waals surface area contributed by atoms with E-state index in [1.165, 1.54) is 12.1 Å². The summed E-state index contributed by atoms with van der Waals surface area (Å²) in [4.78, 5) is 18.4. The summed E-state index contributed by atoms with van der Waals surface area (Å²) in [7, 11) is 0. The lowest BCUT2D eigenvalue weighted by molar-refractivity contribution is 0.397. The van der Waals surface area contributed by atoms with Gasteiger partial charge in [-0.15, -0.1) is 0 Å². The minimum absolute atomic E-state index is 0.171. The van der Waals surface area contributed by atoms with E-state index in [0.717, 1.165) is 18.4 Å². The second-order valence-corrected chi connectivity index (χ2v) is 8.98. The topological polar surface area (TPSA) is 118 Å². The predicted octanol–water partition coefficient (Wildman–Crippen LogP) is 3.55. The van der Waals surface area contributed by atoms with Crippen molar-refractivity contribution in [3.63, 3.8) is 0 Å². The van der Waals surface area contributed by atoms with Gasteiger partial charge in [0.2, 0.25) is 0 Å². The summed E-state index contributed by atoms with van der Waals surface area (Å²) in [5.74, 6) is -0.196. The van der Waals surface area contributed by atoms with E-state index >= 15 is 0 Å². The van der Waals surface area contributed by atoms with Gasteiger partial charge in [-0.3, -0.25) is 0 Å². The second-order valence-electron chi connectivity index (χ2n) is 5.40. The van der Waals surface area contributed by atoms with Crippen LogP contribution in [0.4, 0.5) is 0 Å². The zero-order valence-corrected chi connectivity index (χ0v) is 14.5. The number of unbranched alkanes of at least 4 members (excludes halogenated alkanes) is 1. The smallest absolute Gasteiger partial charge is 0.388 e. The molecule has 0 saturated carbocycles. The van der Waals surface area contributed by atoms with E-state index in [9.17, 15) is 19.9 Å². The van der Waals surface area contributed by atoms with Gasteiger partial charge < -0.3 is 25.1 Å². The third-order valence-corrected chi connectivity index (χ3v) is 5.57. The first-order chi connectivity index (χ1) is 11.2. The molecule has 2 rings (SSSR count). The van der Waals surface area contributed by atoms with Crippen LogP contribution in [-0.4, -0.2) is 25.1 Å². The van der Waals surface area contributed by atoms with Crippen molar-refractivity contribution in [1.29, 1.82) is 0 Å². The number of benzene rings is 2. The molecule has 0 aliphatic carbocycles. The summed E-state index contributed by atoms with van der Waals surface area (Å²) in [6.07, 6.45) is 2.74. The van der Waals surface area contributed by atoms with Gasteiger partial charge in [-0.25, -0.2) is 4.57 Å². The molecule has 0 heterocycles.